The Kier molecular flexibility index (Phi) is 6.88. The molecule has 0 bridgehead atoms. The van der Waals surface area contributed by atoms with Gasteiger partial charge in [-0.3, -0.25) is 0 Å². The van der Waals surface area contributed by atoms with Crippen molar-refractivity contribution in [2.75, 3.05) is 0 Å². The topological polar surface area (TPSA) is 0 Å². The molecule has 0 spiro atoms. The van der Waals surface area contributed by atoms with Crippen molar-refractivity contribution in [2.24, 2.45) is 0 Å². The van der Waals surface area contributed by atoms with Crippen molar-refractivity contribution in [1.29, 1.82) is 0 Å². The smallest absolute Gasteiger partial charge is 0.142 e. The maximum absolute atomic E-state index is 15.1. The second-order valence-corrected chi connectivity index (χ2v) is 8.33. The molecule has 0 nitrogen and oxygen atoms in total. The molecule has 32 heavy (non-hydrogen) atoms. The Hall–Kier alpha value is -3.15. The lowest BCUT2D eigenvalue weighted by Gasteiger charge is -2.08. The highest BCUT2D eigenvalue weighted by Crippen LogP contribution is 2.24. The second kappa shape index (κ2) is 9.98. The zero-order chi connectivity index (χ0) is 22.5. The molecule has 0 aliphatic heterocycles. The lowest BCUT2D eigenvalue weighted by atomic mass is 9.99. The first-order chi connectivity index (χ1) is 15.5. The summed E-state index contributed by atoms with van der Waals surface area (Å²) in [6.07, 6.45) is 3.22. The van der Waals surface area contributed by atoms with Crippen LogP contribution in [0.25, 0.3) is 10.8 Å². The van der Waals surface area contributed by atoms with E-state index in [2.05, 4.69) is 30.9 Å². The summed E-state index contributed by atoms with van der Waals surface area (Å²) >= 11 is 5.73. The molecule has 0 unspecified atom stereocenters. The van der Waals surface area contributed by atoms with Crippen molar-refractivity contribution in [1.82, 2.24) is 0 Å². The first-order valence-corrected chi connectivity index (χ1v) is 11.2. The van der Waals surface area contributed by atoms with E-state index in [9.17, 15) is 4.39 Å². The van der Waals surface area contributed by atoms with Crippen molar-refractivity contribution in [3.63, 3.8) is 0 Å². The van der Waals surface area contributed by atoms with Gasteiger partial charge in [0.2, 0.25) is 0 Å². The van der Waals surface area contributed by atoms with Crippen molar-refractivity contribution in [2.45, 2.75) is 32.6 Å². The Bertz CT molecular complexity index is 1310. The maximum atomic E-state index is 15.1. The SMILES string of the molecule is CCCc1ccc(C#Cc2ccc3c(F)c(CCc4ccc(Cl)c(F)c4)ccc3c2)cc1. The van der Waals surface area contributed by atoms with Crippen LogP contribution < -0.4 is 0 Å². The van der Waals surface area contributed by atoms with E-state index in [0.717, 1.165) is 34.9 Å². The van der Waals surface area contributed by atoms with Crippen LogP contribution >= 0.6 is 11.6 Å². The minimum atomic E-state index is -0.450. The van der Waals surface area contributed by atoms with E-state index in [1.165, 1.54) is 17.7 Å². The monoisotopic (exact) mass is 444 g/mol. The fourth-order valence-corrected chi connectivity index (χ4v) is 3.89. The summed E-state index contributed by atoms with van der Waals surface area (Å²) < 4.78 is 28.7. The van der Waals surface area contributed by atoms with E-state index in [1.807, 2.05) is 30.3 Å². The molecular weight excluding hydrogens is 422 g/mol. The highest BCUT2D eigenvalue weighted by molar-refractivity contribution is 6.30. The molecule has 0 aromatic heterocycles. The highest BCUT2D eigenvalue weighted by Gasteiger charge is 2.09. The van der Waals surface area contributed by atoms with Gasteiger partial charge < -0.3 is 0 Å². The minimum Gasteiger partial charge on any atom is -0.206 e. The molecule has 4 aromatic carbocycles. The van der Waals surface area contributed by atoms with Gasteiger partial charge in [0.25, 0.3) is 0 Å². The van der Waals surface area contributed by atoms with Crippen LogP contribution in [0.2, 0.25) is 5.02 Å². The molecule has 3 heteroatoms. The summed E-state index contributed by atoms with van der Waals surface area (Å²) in [6.45, 7) is 2.17. The van der Waals surface area contributed by atoms with E-state index >= 15 is 4.39 Å². The van der Waals surface area contributed by atoms with Gasteiger partial charge in [-0.05, 0) is 77.7 Å². The quantitative estimate of drug-likeness (QED) is 0.274. The van der Waals surface area contributed by atoms with Crippen LogP contribution in [0.5, 0.6) is 0 Å². The molecule has 0 aliphatic carbocycles. The van der Waals surface area contributed by atoms with Crippen molar-refractivity contribution in [3.05, 3.63) is 117 Å². The van der Waals surface area contributed by atoms with Gasteiger partial charge in [-0.2, -0.15) is 0 Å². The van der Waals surface area contributed by atoms with E-state index in [-0.39, 0.29) is 10.8 Å². The Morgan fingerprint density at radius 2 is 1.44 bits per heavy atom. The summed E-state index contributed by atoms with van der Waals surface area (Å²) in [5, 5.41) is 1.48. The van der Waals surface area contributed by atoms with E-state index in [0.29, 0.717) is 23.8 Å². The van der Waals surface area contributed by atoms with Crippen LogP contribution in [-0.4, -0.2) is 0 Å². The van der Waals surface area contributed by atoms with Crippen LogP contribution in [0.15, 0.2) is 72.8 Å². The van der Waals surface area contributed by atoms with Crippen molar-refractivity contribution < 1.29 is 8.78 Å². The zero-order valence-electron chi connectivity index (χ0n) is 17.9. The minimum absolute atomic E-state index is 0.0954. The number of halogens is 3. The van der Waals surface area contributed by atoms with Crippen molar-refractivity contribution >= 4 is 22.4 Å². The van der Waals surface area contributed by atoms with Gasteiger partial charge in [-0.1, -0.05) is 73.2 Å². The summed E-state index contributed by atoms with van der Waals surface area (Å²) in [4.78, 5) is 0. The molecule has 0 heterocycles. The van der Waals surface area contributed by atoms with E-state index < -0.39 is 5.82 Å². The fraction of sp³-hybridized carbons (Fsp3) is 0.172. The average Bonchev–Trinajstić information content (AvgIpc) is 2.80. The van der Waals surface area contributed by atoms with Crippen molar-refractivity contribution in [3.8, 4) is 11.8 Å². The fourth-order valence-electron chi connectivity index (χ4n) is 3.77. The third kappa shape index (κ3) is 5.18. The number of aryl methyl sites for hydroxylation is 3. The molecule has 160 valence electrons. The number of rotatable bonds is 5. The number of hydrogen-bond acceptors (Lipinski definition) is 0. The second-order valence-electron chi connectivity index (χ2n) is 7.92. The third-order valence-corrected chi connectivity index (χ3v) is 5.85. The Balaban J connectivity index is 1.51. The standard InChI is InChI=1S/C29H23ClF2/c1-2-3-20-4-6-21(7-5-20)8-9-22-11-16-26-25(18-22)15-14-24(29(26)32)13-10-23-12-17-27(30)28(31)19-23/h4-7,11-12,14-19H,2-3,10,13H2,1H3. The molecule has 0 radical (unpaired) electrons. The van der Waals surface area contributed by atoms with Crippen LogP contribution in [0.4, 0.5) is 8.78 Å². The largest absolute Gasteiger partial charge is 0.206 e. The van der Waals surface area contributed by atoms with Crippen LogP contribution in [-0.2, 0) is 19.3 Å². The predicted molar refractivity (Wildman–Crippen MR) is 129 cm³/mol. The number of benzene rings is 4. The molecule has 0 amide bonds. The van der Waals surface area contributed by atoms with Crippen LogP contribution in [0.3, 0.4) is 0 Å². The summed E-state index contributed by atoms with van der Waals surface area (Å²) in [7, 11) is 0. The van der Waals surface area contributed by atoms with Gasteiger partial charge in [0.15, 0.2) is 0 Å². The highest BCUT2D eigenvalue weighted by atomic mass is 35.5. The molecule has 0 atom stereocenters. The van der Waals surface area contributed by atoms with Crippen LogP contribution in [0, 0.1) is 23.5 Å². The van der Waals surface area contributed by atoms with Gasteiger partial charge in [0, 0.05) is 16.5 Å². The Labute approximate surface area is 192 Å². The number of fused-ring (bicyclic) bond motifs is 1. The van der Waals surface area contributed by atoms with Gasteiger partial charge in [-0.25, -0.2) is 8.78 Å². The lowest BCUT2D eigenvalue weighted by Crippen LogP contribution is -1.97. The first kappa shape index (κ1) is 22.1. The average molecular weight is 445 g/mol. The number of hydrogen-bond donors (Lipinski definition) is 0. The molecule has 0 saturated carbocycles. The van der Waals surface area contributed by atoms with Gasteiger partial charge in [0.1, 0.15) is 11.6 Å². The summed E-state index contributed by atoms with van der Waals surface area (Å²) in [5.41, 5.74) is 4.53. The van der Waals surface area contributed by atoms with Gasteiger partial charge in [0.05, 0.1) is 5.02 Å². The normalized spacial score (nSPS) is 10.8. The molecule has 0 N–H and O–H groups in total. The Morgan fingerprint density at radius 3 is 2.19 bits per heavy atom. The summed E-state index contributed by atoms with van der Waals surface area (Å²) in [6, 6.07) is 22.3. The molecular formula is C29H23ClF2. The van der Waals surface area contributed by atoms with Gasteiger partial charge in [-0.15, -0.1) is 0 Å². The van der Waals surface area contributed by atoms with E-state index in [1.54, 1.807) is 18.2 Å². The molecule has 4 aromatic rings. The molecule has 0 saturated heterocycles. The maximum Gasteiger partial charge on any atom is 0.142 e. The first-order valence-electron chi connectivity index (χ1n) is 10.8. The van der Waals surface area contributed by atoms with E-state index in [4.69, 9.17) is 11.6 Å². The molecule has 4 rings (SSSR count). The molecule has 0 aliphatic rings. The molecule has 0 fully saturated rings. The third-order valence-electron chi connectivity index (χ3n) is 5.54. The predicted octanol–water partition coefficient (Wildman–Crippen LogP) is 7.91. The zero-order valence-corrected chi connectivity index (χ0v) is 18.6. The van der Waals surface area contributed by atoms with Gasteiger partial charge >= 0.3 is 0 Å². The lowest BCUT2D eigenvalue weighted by molar-refractivity contribution is 0.617. The summed E-state index contributed by atoms with van der Waals surface area (Å²) in [5.74, 6) is 5.68. The Morgan fingerprint density at radius 1 is 0.719 bits per heavy atom. The van der Waals surface area contributed by atoms with Crippen LogP contribution in [0.1, 0.15) is 41.2 Å².